The number of rotatable bonds is 4. The molecule has 0 spiro atoms. The Labute approximate surface area is 127 Å². The van der Waals surface area contributed by atoms with Crippen molar-refractivity contribution >= 4 is 0 Å². The summed E-state index contributed by atoms with van der Waals surface area (Å²) in [6.07, 6.45) is 3.05. The lowest BCUT2D eigenvalue weighted by atomic mass is 10.00. The van der Waals surface area contributed by atoms with E-state index in [-0.39, 0.29) is 0 Å². The van der Waals surface area contributed by atoms with Gasteiger partial charge in [0.2, 0.25) is 0 Å². The van der Waals surface area contributed by atoms with Crippen molar-refractivity contribution in [1.29, 1.82) is 0 Å². The second kappa shape index (κ2) is 6.83. The van der Waals surface area contributed by atoms with Crippen LogP contribution in [-0.2, 0) is 6.54 Å². The van der Waals surface area contributed by atoms with Gasteiger partial charge in [0.05, 0.1) is 5.69 Å². The van der Waals surface area contributed by atoms with Crippen LogP contribution >= 0.6 is 0 Å². The fourth-order valence-electron chi connectivity index (χ4n) is 3.03. The Morgan fingerprint density at radius 2 is 1.95 bits per heavy atom. The summed E-state index contributed by atoms with van der Waals surface area (Å²) < 4.78 is 0. The Kier molecular flexibility index (Phi) is 4.63. The highest BCUT2D eigenvalue weighted by Crippen LogP contribution is 2.25. The predicted molar refractivity (Wildman–Crippen MR) is 85.9 cm³/mol. The van der Waals surface area contributed by atoms with Gasteiger partial charge in [0.1, 0.15) is 0 Å². The van der Waals surface area contributed by atoms with Gasteiger partial charge in [-0.15, -0.1) is 0 Å². The molecule has 2 aromatic rings. The zero-order valence-electron chi connectivity index (χ0n) is 12.6. The number of aromatic nitrogens is 1. The zero-order chi connectivity index (χ0) is 14.5. The van der Waals surface area contributed by atoms with Gasteiger partial charge in [-0.2, -0.15) is 0 Å². The number of piperazine rings is 1. The van der Waals surface area contributed by atoms with Crippen LogP contribution < -0.4 is 5.32 Å². The molecule has 0 amide bonds. The van der Waals surface area contributed by atoms with Crippen LogP contribution in [0.15, 0.2) is 54.7 Å². The van der Waals surface area contributed by atoms with Crippen molar-refractivity contribution in [2.24, 2.45) is 0 Å². The van der Waals surface area contributed by atoms with Crippen LogP contribution in [0.1, 0.15) is 30.6 Å². The lowest BCUT2D eigenvalue weighted by molar-refractivity contribution is 0.119. The second-order valence-corrected chi connectivity index (χ2v) is 5.69. The molecular weight excluding hydrogens is 258 g/mol. The van der Waals surface area contributed by atoms with Gasteiger partial charge in [-0.3, -0.25) is 9.88 Å². The number of hydrogen-bond acceptors (Lipinski definition) is 3. The summed E-state index contributed by atoms with van der Waals surface area (Å²) in [7, 11) is 0. The maximum atomic E-state index is 4.49. The normalized spacial score (nSPS) is 23.1. The molecular formula is C18H23N3. The molecule has 1 N–H and O–H groups in total. The van der Waals surface area contributed by atoms with Crippen LogP contribution in [0.5, 0.6) is 0 Å². The third-order valence-electron chi connectivity index (χ3n) is 4.26. The van der Waals surface area contributed by atoms with Crippen molar-refractivity contribution in [3.8, 4) is 0 Å². The summed E-state index contributed by atoms with van der Waals surface area (Å²) in [6.45, 7) is 5.25. The Morgan fingerprint density at radius 3 is 2.67 bits per heavy atom. The van der Waals surface area contributed by atoms with E-state index in [1.807, 2.05) is 12.3 Å². The quantitative estimate of drug-likeness (QED) is 0.934. The van der Waals surface area contributed by atoms with Gasteiger partial charge >= 0.3 is 0 Å². The van der Waals surface area contributed by atoms with Gasteiger partial charge in [-0.05, 0) is 24.1 Å². The molecule has 0 saturated carbocycles. The smallest absolute Gasteiger partial charge is 0.0544 e. The maximum Gasteiger partial charge on any atom is 0.0544 e. The van der Waals surface area contributed by atoms with Gasteiger partial charge in [0, 0.05) is 37.9 Å². The number of hydrogen-bond donors (Lipinski definition) is 1. The van der Waals surface area contributed by atoms with Gasteiger partial charge in [-0.25, -0.2) is 0 Å². The summed E-state index contributed by atoms with van der Waals surface area (Å²) in [4.78, 5) is 7.05. The lowest BCUT2D eigenvalue weighted by Crippen LogP contribution is -2.51. The molecule has 0 aliphatic carbocycles. The molecule has 110 valence electrons. The molecule has 2 heterocycles. The molecule has 1 saturated heterocycles. The van der Waals surface area contributed by atoms with Crippen molar-refractivity contribution in [2.45, 2.75) is 32.0 Å². The minimum atomic E-state index is 0.427. The first-order chi connectivity index (χ1) is 10.4. The molecule has 3 heteroatoms. The molecule has 3 rings (SSSR count). The summed E-state index contributed by atoms with van der Waals surface area (Å²) in [5.41, 5.74) is 2.53. The van der Waals surface area contributed by atoms with E-state index in [1.54, 1.807) is 0 Å². The Morgan fingerprint density at radius 1 is 1.14 bits per heavy atom. The molecule has 3 nitrogen and oxygen atoms in total. The SMILES string of the molecule is CCC1CN(Cc2ccccn2)C(c2ccccc2)CN1. The van der Waals surface area contributed by atoms with Gasteiger partial charge < -0.3 is 5.32 Å². The highest BCUT2D eigenvalue weighted by molar-refractivity contribution is 5.20. The summed E-state index contributed by atoms with van der Waals surface area (Å²) in [5, 5.41) is 3.67. The summed E-state index contributed by atoms with van der Waals surface area (Å²) in [6, 6.07) is 18.0. The van der Waals surface area contributed by atoms with E-state index in [2.05, 4.69) is 64.6 Å². The van der Waals surface area contributed by atoms with E-state index >= 15 is 0 Å². The Bertz CT molecular complexity index is 541. The maximum absolute atomic E-state index is 4.49. The van der Waals surface area contributed by atoms with Crippen molar-refractivity contribution < 1.29 is 0 Å². The zero-order valence-corrected chi connectivity index (χ0v) is 12.6. The van der Waals surface area contributed by atoms with Crippen LogP contribution in [0, 0.1) is 0 Å². The molecule has 21 heavy (non-hydrogen) atoms. The highest BCUT2D eigenvalue weighted by atomic mass is 15.2. The minimum absolute atomic E-state index is 0.427. The predicted octanol–water partition coefficient (Wildman–Crippen LogP) is 3.01. The monoisotopic (exact) mass is 281 g/mol. The van der Waals surface area contributed by atoms with Gasteiger partial charge in [-0.1, -0.05) is 43.3 Å². The summed E-state index contributed by atoms with van der Waals surface area (Å²) >= 11 is 0. The highest BCUT2D eigenvalue weighted by Gasteiger charge is 2.28. The van der Waals surface area contributed by atoms with Crippen LogP contribution in [0.25, 0.3) is 0 Å². The van der Waals surface area contributed by atoms with Crippen LogP contribution in [0.3, 0.4) is 0 Å². The van der Waals surface area contributed by atoms with Crippen molar-refractivity contribution in [3.63, 3.8) is 0 Å². The molecule has 2 unspecified atom stereocenters. The van der Waals surface area contributed by atoms with Crippen LogP contribution in [0.2, 0.25) is 0 Å². The number of benzene rings is 1. The minimum Gasteiger partial charge on any atom is -0.311 e. The number of nitrogens with zero attached hydrogens (tertiary/aromatic N) is 2. The van der Waals surface area contributed by atoms with E-state index < -0.39 is 0 Å². The first kappa shape index (κ1) is 14.2. The third kappa shape index (κ3) is 3.49. The molecule has 0 radical (unpaired) electrons. The third-order valence-corrected chi connectivity index (χ3v) is 4.26. The van der Waals surface area contributed by atoms with E-state index in [0.29, 0.717) is 12.1 Å². The van der Waals surface area contributed by atoms with Gasteiger partial charge in [0.25, 0.3) is 0 Å². The Balaban J connectivity index is 1.80. The molecule has 1 aliphatic rings. The first-order valence-electron chi connectivity index (χ1n) is 7.79. The number of pyridine rings is 1. The molecule has 1 fully saturated rings. The molecule has 0 bridgehead atoms. The second-order valence-electron chi connectivity index (χ2n) is 5.69. The van der Waals surface area contributed by atoms with Crippen molar-refractivity contribution in [1.82, 2.24) is 15.2 Å². The van der Waals surface area contributed by atoms with E-state index in [0.717, 1.165) is 25.3 Å². The molecule has 1 aliphatic heterocycles. The van der Waals surface area contributed by atoms with E-state index in [1.165, 1.54) is 12.0 Å². The van der Waals surface area contributed by atoms with Crippen LogP contribution in [0.4, 0.5) is 0 Å². The standard InChI is InChI=1S/C18H23N3/c1-2-16-13-21(14-17-10-6-7-11-19-17)18(12-20-16)15-8-4-3-5-9-15/h3-11,16,18,20H,2,12-14H2,1H3. The topological polar surface area (TPSA) is 28.2 Å². The van der Waals surface area contributed by atoms with E-state index in [4.69, 9.17) is 0 Å². The van der Waals surface area contributed by atoms with Crippen LogP contribution in [-0.4, -0.2) is 29.0 Å². The van der Waals surface area contributed by atoms with Crippen molar-refractivity contribution in [3.05, 3.63) is 66.0 Å². The number of nitrogens with one attached hydrogen (secondary N) is 1. The first-order valence-corrected chi connectivity index (χ1v) is 7.79. The van der Waals surface area contributed by atoms with E-state index in [9.17, 15) is 0 Å². The Hall–Kier alpha value is -1.71. The largest absolute Gasteiger partial charge is 0.311 e. The molecule has 2 atom stereocenters. The fraction of sp³-hybridized carbons (Fsp3) is 0.389. The fourth-order valence-corrected chi connectivity index (χ4v) is 3.03. The van der Waals surface area contributed by atoms with Crippen molar-refractivity contribution in [2.75, 3.05) is 13.1 Å². The average molecular weight is 281 g/mol. The lowest BCUT2D eigenvalue weighted by Gasteiger charge is -2.40. The molecule has 1 aromatic carbocycles. The van der Waals surface area contributed by atoms with Gasteiger partial charge in [0.15, 0.2) is 0 Å². The average Bonchev–Trinajstić information content (AvgIpc) is 2.56. The summed E-state index contributed by atoms with van der Waals surface area (Å²) in [5.74, 6) is 0. The molecule has 1 aromatic heterocycles.